The third kappa shape index (κ3) is 9.51. The van der Waals surface area contributed by atoms with Crippen LogP contribution in [0.15, 0.2) is 89.0 Å². The molecule has 5 heterocycles. The maximum atomic E-state index is 13.0. The number of piperidine rings is 2. The number of hydrogen-bond acceptors (Lipinski definition) is 11. The number of benzene rings is 2. The number of fused-ring (bicyclic) bond motifs is 1. The highest BCUT2D eigenvalue weighted by Crippen LogP contribution is 2.23. The molecule has 0 radical (unpaired) electrons. The van der Waals surface area contributed by atoms with Gasteiger partial charge in [0.25, 0.3) is 17.0 Å². The number of hydrogen-bond donors (Lipinski definition) is 2. The highest BCUT2D eigenvalue weighted by molar-refractivity contribution is 5.99. The van der Waals surface area contributed by atoms with Gasteiger partial charge in [0.1, 0.15) is 6.04 Å². The third-order valence-corrected chi connectivity index (χ3v) is 10.3. The second-order valence-electron chi connectivity index (χ2n) is 14.4. The first-order chi connectivity index (χ1) is 27.3. The van der Waals surface area contributed by atoms with Gasteiger partial charge in [0.15, 0.2) is 11.6 Å². The largest absolute Gasteiger partial charge is 0.490 e. The molecule has 5 aromatic rings. The Morgan fingerprint density at radius 2 is 1.70 bits per heavy atom. The van der Waals surface area contributed by atoms with Crippen molar-refractivity contribution in [2.45, 2.75) is 70.4 Å². The van der Waals surface area contributed by atoms with Crippen LogP contribution in [0.1, 0.15) is 69.4 Å². The molecule has 2 aliphatic rings. The van der Waals surface area contributed by atoms with E-state index in [0.717, 1.165) is 75.0 Å². The summed E-state index contributed by atoms with van der Waals surface area (Å²) in [5.41, 5.74) is 2.13. The standard InChI is InChI=1S/C41H45N9O6/c51-36-14-13-35(40(54)47-36)50-41(55)34-12-11-32(22-31(34)23-46-50)42-17-4-2-1-3-9-37(52)48-19-15-28(16-20-48)27-56-33-24-43-39(44-25-33)30-8-5-7-29(21-30)26-49-38(53)10-6-18-45-49/h5-8,10-12,18,21-25,28,35,42H,1-4,9,13-17,19-20,26-27H2,(H,47,51,54). The summed E-state index contributed by atoms with van der Waals surface area (Å²) in [5, 5.41) is 15.2. The Morgan fingerprint density at radius 3 is 2.50 bits per heavy atom. The zero-order valence-corrected chi connectivity index (χ0v) is 31.1. The smallest absolute Gasteiger partial charge is 0.275 e. The molecular formula is C41H45N9O6. The molecule has 3 aromatic heterocycles. The van der Waals surface area contributed by atoms with Gasteiger partial charge in [-0.25, -0.2) is 19.3 Å². The van der Waals surface area contributed by atoms with Gasteiger partial charge in [-0.1, -0.05) is 31.0 Å². The van der Waals surface area contributed by atoms with Crippen LogP contribution < -0.4 is 26.5 Å². The van der Waals surface area contributed by atoms with Crippen molar-refractivity contribution in [2.24, 2.45) is 5.92 Å². The van der Waals surface area contributed by atoms with Crippen molar-refractivity contribution >= 4 is 34.2 Å². The van der Waals surface area contributed by atoms with Crippen LogP contribution in [0.3, 0.4) is 0 Å². The predicted molar refractivity (Wildman–Crippen MR) is 209 cm³/mol. The second-order valence-corrected chi connectivity index (χ2v) is 14.4. The van der Waals surface area contributed by atoms with E-state index in [2.05, 4.69) is 30.8 Å². The minimum absolute atomic E-state index is 0.158. The van der Waals surface area contributed by atoms with E-state index in [1.54, 1.807) is 36.9 Å². The van der Waals surface area contributed by atoms with Crippen LogP contribution >= 0.6 is 0 Å². The van der Waals surface area contributed by atoms with E-state index in [1.807, 2.05) is 41.3 Å². The summed E-state index contributed by atoms with van der Waals surface area (Å²) < 4.78 is 8.60. The molecule has 15 heteroatoms. The Labute approximate surface area is 323 Å². The molecule has 2 aromatic carbocycles. The minimum atomic E-state index is -0.791. The van der Waals surface area contributed by atoms with Crippen molar-refractivity contribution in [3.05, 3.63) is 106 Å². The first kappa shape index (κ1) is 38.0. The normalized spacial score (nSPS) is 16.1. The van der Waals surface area contributed by atoms with Gasteiger partial charge in [0, 0.05) is 61.4 Å². The maximum Gasteiger partial charge on any atom is 0.275 e. The summed E-state index contributed by atoms with van der Waals surface area (Å²) in [4.78, 5) is 72.7. The number of nitrogens with one attached hydrogen (secondary N) is 2. The average molecular weight is 760 g/mol. The molecule has 15 nitrogen and oxygen atoms in total. The van der Waals surface area contributed by atoms with Gasteiger partial charge in [-0.3, -0.25) is 29.3 Å². The average Bonchev–Trinajstić information content (AvgIpc) is 3.21. The number of imide groups is 1. The Morgan fingerprint density at radius 1 is 0.875 bits per heavy atom. The van der Waals surface area contributed by atoms with Gasteiger partial charge in [0.05, 0.1) is 37.1 Å². The predicted octanol–water partition coefficient (Wildman–Crippen LogP) is 4.12. The highest BCUT2D eigenvalue weighted by Gasteiger charge is 2.30. The summed E-state index contributed by atoms with van der Waals surface area (Å²) in [5.74, 6) is 0.900. The molecule has 7 rings (SSSR count). The quantitative estimate of drug-likeness (QED) is 0.116. The molecular weight excluding hydrogens is 715 g/mol. The molecule has 2 saturated heterocycles. The molecule has 2 aliphatic heterocycles. The molecule has 0 spiro atoms. The minimum Gasteiger partial charge on any atom is -0.490 e. The van der Waals surface area contributed by atoms with E-state index in [4.69, 9.17) is 4.74 Å². The number of carbonyl (C=O) groups excluding carboxylic acids is 3. The number of nitrogens with zero attached hydrogens (tertiary/aromatic N) is 7. The number of likely N-dealkylation sites (tertiary alicyclic amines) is 1. The van der Waals surface area contributed by atoms with Crippen LogP contribution in [0.5, 0.6) is 5.75 Å². The van der Waals surface area contributed by atoms with E-state index in [0.29, 0.717) is 47.8 Å². The SMILES string of the molecule is O=C1CCC(n2ncc3cc(NCCCCCCC(=O)N4CCC(COc5cnc(-c6cccc(Cn7ncccc7=O)c6)nc5)CC4)ccc3c2=O)C(=O)N1. The van der Waals surface area contributed by atoms with Crippen molar-refractivity contribution < 1.29 is 19.1 Å². The lowest BCUT2D eigenvalue weighted by Crippen LogP contribution is -2.45. The van der Waals surface area contributed by atoms with Crippen LogP contribution in [0.4, 0.5) is 5.69 Å². The van der Waals surface area contributed by atoms with Crippen LogP contribution in [0, 0.1) is 5.92 Å². The number of amides is 3. The molecule has 1 atom stereocenters. The van der Waals surface area contributed by atoms with Crippen molar-refractivity contribution in [3.8, 4) is 17.1 Å². The van der Waals surface area contributed by atoms with Gasteiger partial charge >= 0.3 is 0 Å². The van der Waals surface area contributed by atoms with E-state index >= 15 is 0 Å². The summed E-state index contributed by atoms with van der Waals surface area (Å²) >= 11 is 0. The fourth-order valence-electron chi connectivity index (χ4n) is 7.15. The van der Waals surface area contributed by atoms with Gasteiger partial charge in [-0.2, -0.15) is 10.2 Å². The number of ether oxygens (including phenoxy) is 1. The molecule has 2 fully saturated rings. The van der Waals surface area contributed by atoms with E-state index in [1.165, 1.54) is 15.4 Å². The molecule has 1 unspecified atom stereocenters. The second kappa shape index (κ2) is 17.9. The number of anilines is 1. The Hall–Kier alpha value is -6.25. The fourth-order valence-corrected chi connectivity index (χ4v) is 7.15. The van der Waals surface area contributed by atoms with Crippen molar-refractivity contribution in [3.63, 3.8) is 0 Å². The van der Waals surface area contributed by atoms with Gasteiger partial charge in [-0.15, -0.1) is 0 Å². The lowest BCUT2D eigenvalue weighted by atomic mass is 9.97. The number of carbonyl (C=O) groups is 3. The summed E-state index contributed by atoms with van der Waals surface area (Å²) in [6.45, 7) is 3.14. The zero-order chi connectivity index (χ0) is 38.9. The molecule has 290 valence electrons. The fraction of sp³-hybridized carbons (Fsp3) is 0.390. The van der Waals surface area contributed by atoms with Crippen LogP contribution in [0.25, 0.3) is 22.2 Å². The number of aromatic nitrogens is 6. The Balaban J connectivity index is 0.765. The lowest BCUT2D eigenvalue weighted by Gasteiger charge is -2.32. The summed E-state index contributed by atoms with van der Waals surface area (Å²) in [7, 11) is 0. The molecule has 0 aliphatic carbocycles. The van der Waals surface area contributed by atoms with Crippen LogP contribution in [-0.4, -0.2) is 78.4 Å². The molecule has 0 bridgehead atoms. The first-order valence-corrected chi connectivity index (χ1v) is 19.2. The monoisotopic (exact) mass is 759 g/mol. The van der Waals surface area contributed by atoms with Crippen LogP contribution in [-0.2, 0) is 20.9 Å². The third-order valence-electron chi connectivity index (χ3n) is 10.3. The van der Waals surface area contributed by atoms with Crippen molar-refractivity contribution in [1.82, 2.24) is 39.7 Å². The van der Waals surface area contributed by atoms with E-state index < -0.39 is 11.9 Å². The van der Waals surface area contributed by atoms with Crippen LogP contribution in [0.2, 0.25) is 0 Å². The molecule has 2 N–H and O–H groups in total. The zero-order valence-electron chi connectivity index (χ0n) is 31.1. The van der Waals surface area contributed by atoms with Crippen molar-refractivity contribution in [1.29, 1.82) is 0 Å². The first-order valence-electron chi connectivity index (χ1n) is 19.2. The number of unbranched alkanes of at least 4 members (excludes halogenated alkanes) is 3. The Kier molecular flexibility index (Phi) is 12.2. The van der Waals surface area contributed by atoms with Gasteiger partial charge < -0.3 is 15.0 Å². The molecule has 56 heavy (non-hydrogen) atoms. The van der Waals surface area contributed by atoms with E-state index in [-0.39, 0.29) is 35.8 Å². The lowest BCUT2D eigenvalue weighted by molar-refractivity contribution is -0.136. The summed E-state index contributed by atoms with van der Waals surface area (Å²) in [6, 6.07) is 15.5. The molecule has 0 saturated carbocycles. The maximum absolute atomic E-state index is 13.0. The summed E-state index contributed by atoms with van der Waals surface area (Å²) in [6.07, 6.45) is 13.1. The van der Waals surface area contributed by atoms with Gasteiger partial charge in [0.2, 0.25) is 11.8 Å². The number of rotatable bonds is 15. The topological polar surface area (TPSA) is 183 Å². The van der Waals surface area contributed by atoms with E-state index in [9.17, 15) is 24.0 Å². The molecule has 3 amide bonds. The van der Waals surface area contributed by atoms with Gasteiger partial charge in [-0.05, 0) is 73.9 Å². The highest BCUT2D eigenvalue weighted by atomic mass is 16.5. The van der Waals surface area contributed by atoms with Crippen molar-refractivity contribution in [2.75, 3.05) is 31.6 Å². The Bertz CT molecular complexity index is 2300.